The van der Waals surface area contributed by atoms with Crippen LogP contribution in [-0.4, -0.2) is 144 Å². The zero-order valence-electron chi connectivity index (χ0n) is 49.5. The fourth-order valence-electron chi connectivity index (χ4n) is 7.48. The van der Waals surface area contributed by atoms with Gasteiger partial charge in [-0.05, 0) is 74.0 Å². The van der Waals surface area contributed by atoms with Gasteiger partial charge >= 0.3 is 35.8 Å². The summed E-state index contributed by atoms with van der Waals surface area (Å²) < 4.78 is 33.5. The second-order valence-corrected chi connectivity index (χ2v) is 22.9. The number of hydrogen-bond donors (Lipinski definition) is 6. The second kappa shape index (κ2) is 31.3. The number of nitrogens with one attached hydrogen (secondary N) is 6. The minimum absolute atomic E-state index is 0.647. The predicted molar refractivity (Wildman–Crippen MR) is 281 cm³/mol. The van der Waals surface area contributed by atoms with Gasteiger partial charge in [-0.1, -0.05) is 125 Å². The number of amides is 6. The first-order chi connectivity index (χ1) is 35.9. The smallest absolute Gasteiger partial charge is 0.329 e. The molecule has 6 amide bonds. The Labute approximate surface area is 459 Å². The van der Waals surface area contributed by atoms with Crippen molar-refractivity contribution in [2.75, 3.05) is 0 Å². The van der Waals surface area contributed by atoms with Crippen LogP contribution in [-0.2, 0) is 86.0 Å². The van der Waals surface area contributed by atoms with E-state index in [2.05, 4.69) is 31.9 Å². The fourth-order valence-corrected chi connectivity index (χ4v) is 7.48. The van der Waals surface area contributed by atoms with E-state index >= 15 is 0 Å². The maximum Gasteiger partial charge on any atom is 0.329 e. The SMILES string of the molecule is CC1OC(=O)C(C(C)C)NC(=O)[C@@H](C(C)C)OC(=O)[C@H](C(C)C)NC(=O)C(C)OC(=O)[C@@H](C(C)C)NC(=O)[C@@H](C(C)C)OC(=O)C(C(C)C)NC(=O)[C@H](C)OC(=O)[C@@H](C(C)C)NC(=O)C(C(C)C)OC(=O)C(C(C)C)NC1=O. The highest BCUT2D eigenvalue weighted by Crippen LogP contribution is 2.19. The number of esters is 6. The van der Waals surface area contributed by atoms with Crippen molar-refractivity contribution < 1.29 is 86.0 Å². The van der Waals surface area contributed by atoms with E-state index in [1.54, 1.807) is 125 Å². The molecule has 1 aliphatic heterocycles. The Bertz CT molecular complexity index is 1890. The number of cyclic esters (lactones) is 6. The highest BCUT2D eigenvalue weighted by Gasteiger charge is 2.42. The molecule has 12 atom stereocenters. The normalized spacial score (nSPS) is 28.8. The van der Waals surface area contributed by atoms with Gasteiger partial charge in [-0.25, -0.2) is 28.8 Å². The van der Waals surface area contributed by atoms with Crippen molar-refractivity contribution in [2.24, 2.45) is 53.3 Å². The van der Waals surface area contributed by atoms with Crippen molar-refractivity contribution in [3.8, 4) is 0 Å². The summed E-state index contributed by atoms with van der Waals surface area (Å²) in [6.45, 7) is 32.1. The van der Waals surface area contributed by atoms with E-state index in [-0.39, 0.29) is 0 Å². The summed E-state index contributed by atoms with van der Waals surface area (Å²) in [6, 6.07) is -8.38. The van der Waals surface area contributed by atoms with Crippen molar-refractivity contribution in [3.63, 3.8) is 0 Å². The molecule has 0 aromatic carbocycles. The minimum atomic E-state index is -1.55. The Hall–Kier alpha value is -6.36. The van der Waals surface area contributed by atoms with Gasteiger partial charge in [-0.15, -0.1) is 0 Å². The third-order valence-corrected chi connectivity index (χ3v) is 12.6. The highest BCUT2D eigenvalue weighted by molar-refractivity contribution is 5.96. The molecule has 1 rings (SSSR count). The van der Waals surface area contributed by atoms with Crippen molar-refractivity contribution in [3.05, 3.63) is 0 Å². The van der Waals surface area contributed by atoms with E-state index in [1.807, 2.05) is 0 Å². The van der Waals surface area contributed by atoms with E-state index < -0.39 is 197 Å². The van der Waals surface area contributed by atoms with Crippen LogP contribution < -0.4 is 31.9 Å². The molecule has 0 spiro atoms. The zero-order chi connectivity index (χ0) is 60.5. The Morgan fingerprint density at radius 3 is 0.513 bits per heavy atom. The number of ether oxygens (including phenoxy) is 6. The molecule has 1 heterocycles. The van der Waals surface area contributed by atoms with Crippen LogP contribution in [0.3, 0.4) is 0 Å². The molecule has 6 unspecified atom stereocenters. The maximum absolute atomic E-state index is 13.9. The lowest BCUT2D eigenvalue weighted by molar-refractivity contribution is -0.167. The van der Waals surface area contributed by atoms with Crippen molar-refractivity contribution >= 4 is 71.3 Å². The van der Waals surface area contributed by atoms with Crippen LogP contribution in [0.1, 0.15) is 145 Å². The molecule has 0 aromatic rings. The molecule has 24 nitrogen and oxygen atoms in total. The molecule has 24 heteroatoms. The van der Waals surface area contributed by atoms with Crippen LogP contribution in [0.4, 0.5) is 0 Å². The van der Waals surface area contributed by atoms with Crippen LogP contribution in [0.15, 0.2) is 0 Å². The summed E-state index contributed by atoms with van der Waals surface area (Å²) in [6.07, 6.45) is -9.25. The number of carbonyl (C=O) groups is 12. The highest BCUT2D eigenvalue weighted by atomic mass is 16.6. The average Bonchev–Trinajstić information content (AvgIpc) is 3.31. The third kappa shape index (κ3) is 20.8. The molecule has 444 valence electrons. The molecule has 0 aliphatic carbocycles. The quantitative estimate of drug-likeness (QED) is 0.143. The van der Waals surface area contributed by atoms with Gasteiger partial charge in [0, 0.05) is 0 Å². The van der Waals surface area contributed by atoms with Gasteiger partial charge in [-0.3, -0.25) is 28.8 Å². The lowest BCUT2D eigenvalue weighted by atomic mass is 10.0. The van der Waals surface area contributed by atoms with Gasteiger partial charge in [0.05, 0.1) is 0 Å². The van der Waals surface area contributed by atoms with Crippen LogP contribution in [0.5, 0.6) is 0 Å². The van der Waals surface area contributed by atoms with Crippen LogP contribution >= 0.6 is 0 Å². The lowest BCUT2D eigenvalue weighted by Crippen LogP contribution is -2.56. The molecule has 0 saturated carbocycles. The zero-order valence-corrected chi connectivity index (χ0v) is 49.5. The van der Waals surface area contributed by atoms with E-state index in [9.17, 15) is 57.5 Å². The Morgan fingerprint density at radius 1 is 0.231 bits per heavy atom. The number of carbonyl (C=O) groups excluding carboxylic acids is 12. The fraction of sp³-hybridized carbons (Fsp3) is 0.778. The number of rotatable bonds is 9. The second-order valence-electron chi connectivity index (χ2n) is 22.9. The van der Waals surface area contributed by atoms with Crippen LogP contribution in [0.2, 0.25) is 0 Å². The van der Waals surface area contributed by atoms with Gasteiger partial charge in [-0.2, -0.15) is 0 Å². The van der Waals surface area contributed by atoms with Gasteiger partial charge in [0.1, 0.15) is 36.3 Å². The molecule has 1 fully saturated rings. The Morgan fingerprint density at radius 2 is 0.372 bits per heavy atom. The van der Waals surface area contributed by atoms with E-state index in [0.717, 1.165) is 0 Å². The summed E-state index contributed by atoms with van der Waals surface area (Å²) >= 11 is 0. The molecule has 6 N–H and O–H groups in total. The first kappa shape index (κ1) is 69.7. The summed E-state index contributed by atoms with van der Waals surface area (Å²) in [5.41, 5.74) is 0. The standard InChI is InChI=1S/C54H90N6O18/c1-22(2)34-49(67)73-31(19)43(61)55-38(26(9)10)53(71)77-41(29(15)16)47(65)59-36(24(5)6)51(69)75-33(21)45(63)57-39(27(11)12)54(72)78-42(30(17)18)48(66)60-35(23(3)4)50(68)74-32(20)44(62)56-37(25(7)8)52(70)76-40(28(13)14)46(64)58-34/h22-42H,1-21H3,(H,55,61)(H,56,62)(H,57,63)(H,58,64)(H,59,65)(H,60,66)/t31-,32?,33?,34+,35?,36+,37?,38?,39-,40?,41+,42+/m0/s1. The topological polar surface area (TPSA) is 332 Å². The molecule has 78 heavy (non-hydrogen) atoms. The first-order valence-electron chi connectivity index (χ1n) is 26.9. The van der Waals surface area contributed by atoms with Gasteiger partial charge in [0.15, 0.2) is 36.6 Å². The molecule has 0 bridgehead atoms. The molecule has 0 aromatic heterocycles. The predicted octanol–water partition coefficient (Wildman–Crippen LogP) is 2.34. The molecular formula is C54H90N6O18. The van der Waals surface area contributed by atoms with Crippen LogP contribution in [0.25, 0.3) is 0 Å². The van der Waals surface area contributed by atoms with E-state index in [1.165, 1.54) is 20.8 Å². The average molecular weight is 1110 g/mol. The van der Waals surface area contributed by atoms with Gasteiger partial charge in [0.2, 0.25) is 0 Å². The Kier molecular flexibility index (Phi) is 27.9. The molecule has 1 saturated heterocycles. The summed E-state index contributed by atoms with van der Waals surface area (Å²) in [7, 11) is 0. The van der Waals surface area contributed by atoms with E-state index in [4.69, 9.17) is 28.4 Å². The van der Waals surface area contributed by atoms with Crippen LogP contribution in [0, 0.1) is 53.3 Å². The van der Waals surface area contributed by atoms with Gasteiger partial charge in [0.25, 0.3) is 35.4 Å². The molecular weight excluding hydrogens is 1020 g/mol. The summed E-state index contributed by atoms with van der Waals surface area (Å²) in [5.74, 6) is -17.8. The van der Waals surface area contributed by atoms with Crippen molar-refractivity contribution in [2.45, 2.75) is 218 Å². The lowest BCUT2D eigenvalue weighted by Gasteiger charge is -2.30. The number of hydrogen-bond acceptors (Lipinski definition) is 18. The van der Waals surface area contributed by atoms with Gasteiger partial charge < -0.3 is 60.3 Å². The Balaban J connectivity index is 3.87. The monoisotopic (exact) mass is 1110 g/mol. The van der Waals surface area contributed by atoms with Crippen molar-refractivity contribution in [1.82, 2.24) is 31.9 Å². The van der Waals surface area contributed by atoms with E-state index in [0.29, 0.717) is 0 Å². The molecule has 0 radical (unpaired) electrons. The maximum atomic E-state index is 13.9. The minimum Gasteiger partial charge on any atom is -0.451 e. The summed E-state index contributed by atoms with van der Waals surface area (Å²) in [5, 5.41) is 15.1. The third-order valence-electron chi connectivity index (χ3n) is 12.6. The molecule has 1 aliphatic rings. The largest absolute Gasteiger partial charge is 0.451 e. The first-order valence-corrected chi connectivity index (χ1v) is 26.9. The van der Waals surface area contributed by atoms with Crippen molar-refractivity contribution in [1.29, 1.82) is 0 Å². The summed E-state index contributed by atoms with van der Waals surface area (Å²) in [4.78, 5) is 165.